The van der Waals surface area contributed by atoms with E-state index >= 15 is 0 Å². The van der Waals surface area contributed by atoms with Gasteiger partial charge in [-0.05, 0) is 42.5 Å². The number of carbonyl (C=O) groups is 3. The number of halogens is 1. The third kappa shape index (κ3) is 6.69. The molecule has 2 heterocycles. The van der Waals surface area contributed by atoms with Gasteiger partial charge < -0.3 is 14.8 Å². The van der Waals surface area contributed by atoms with Crippen LogP contribution in [0, 0.1) is 0 Å². The predicted molar refractivity (Wildman–Crippen MR) is 120 cm³/mol. The summed E-state index contributed by atoms with van der Waals surface area (Å²) in [6.07, 6.45) is 5.77. The smallest absolute Gasteiger partial charge is 0.345 e. The average molecular weight is 456 g/mol. The van der Waals surface area contributed by atoms with Crippen molar-refractivity contribution in [3.05, 3.63) is 83.9 Å². The highest BCUT2D eigenvalue weighted by molar-refractivity contribution is 5.99. The van der Waals surface area contributed by atoms with Crippen molar-refractivity contribution >= 4 is 30.1 Å². The monoisotopic (exact) mass is 455 g/mol. The largest absolute Gasteiger partial charge is 0.419 e. The van der Waals surface area contributed by atoms with Gasteiger partial charge in [-0.25, -0.2) is 9.59 Å². The van der Waals surface area contributed by atoms with Crippen molar-refractivity contribution in [2.24, 2.45) is 0 Å². The second-order valence-corrected chi connectivity index (χ2v) is 6.88. The van der Waals surface area contributed by atoms with Crippen LogP contribution in [0.25, 0.3) is 0 Å². The summed E-state index contributed by atoms with van der Waals surface area (Å²) < 4.78 is 10.8. The summed E-state index contributed by atoms with van der Waals surface area (Å²) in [6.45, 7) is 3.97. The number of Topliss-reactive ketones (excluding diaryl/α,β-unsaturated/α-hetero) is 1. The van der Waals surface area contributed by atoms with Gasteiger partial charge in [0, 0.05) is 36.4 Å². The first-order valence-electron chi connectivity index (χ1n) is 9.59. The summed E-state index contributed by atoms with van der Waals surface area (Å²) in [7, 11) is 0. The maximum Gasteiger partial charge on any atom is 0.345 e. The van der Waals surface area contributed by atoms with Gasteiger partial charge in [0.15, 0.2) is 17.3 Å². The van der Waals surface area contributed by atoms with Crippen molar-refractivity contribution in [3.63, 3.8) is 0 Å². The number of benzene rings is 1. The van der Waals surface area contributed by atoms with E-state index < -0.39 is 11.9 Å². The molecule has 0 saturated carbocycles. The van der Waals surface area contributed by atoms with Gasteiger partial charge in [-0.15, -0.1) is 12.4 Å². The van der Waals surface area contributed by atoms with Crippen LogP contribution in [0.2, 0.25) is 0 Å². The fourth-order valence-corrected chi connectivity index (χ4v) is 2.53. The van der Waals surface area contributed by atoms with E-state index in [0.29, 0.717) is 5.56 Å². The van der Waals surface area contributed by atoms with Gasteiger partial charge in [-0.2, -0.15) is 0 Å². The van der Waals surface area contributed by atoms with Crippen molar-refractivity contribution in [2.45, 2.75) is 19.9 Å². The van der Waals surface area contributed by atoms with Crippen molar-refractivity contribution in [2.75, 3.05) is 6.54 Å². The van der Waals surface area contributed by atoms with Gasteiger partial charge in [0.25, 0.3) is 0 Å². The predicted octanol–water partition coefficient (Wildman–Crippen LogP) is 3.52. The van der Waals surface area contributed by atoms with Gasteiger partial charge in [0.1, 0.15) is 0 Å². The number of esters is 2. The summed E-state index contributed by atoms with van der Waals surface area (Å²) >= 11 is 0. The molecular formula is C23H22ClN3O5. The average Bonchev–Trinajstić information content (AvgIpc) is 2.79. The molecule has 0 spiro atoms. The molecule has 166 valence electrons. The topological polar surface area (TPSA) is 107 Å². The molecule has 0 saturated heterocycles. The molecule has 0 radical (unpaired) electrons. The highest BCUT2D eigenvalue weighted by atomic mass is 35.5. The standard InChI is InChI=1S/C23H21N3O5.ClH/c1-15(2)26-14-19(27)16-7-8-20(30-22(28)17-5-3-9-24-12-17)21(11-16)31-23(29)18-6-4-10-25-13-18;/h3-13,15,26H,14H2,1-2H3;1H. The number of hydrogen-bond donors (Lipinski definition) is 1. The van der Waals surface area contributed by atoms with Crippen LogP contribution in [-0.4, -0.2) is 40.3 Å². The third-order valence-electron chi connectivity index (χ3n) is 4.14. The molecule has 0 atom stereocenters. The SMILES string of the molecule is CC(C)NCC(=O)c1ccc(OC(=O)c2cccnc2)c(OC(=O)c2cccnc2)c1.Cl. The van der Waals surface area contributed by atoms with Crippen molar-refractivity contribution in [1.82, 2.24) is 15.3 Å². The molecule has 3 aromatic rings. The van der Waals surface area contributed by atoms with Gasteiger partial charge in [0.05, 0.1) is 17.7 Å². The van der Waals surface area contributed by atoms with Gasteiger partial charge in [0.2, 0.25) is 0 Å². The number of carbonyl (C=O) groups excluding carboxylic acids is 3. The number of pyridine rings is 2. The molecule has 3 rings (SSSR count). The Morgan fingerprint density at radius 1 is 0.844 bits per heavy atom. The Morgan fingerprint density at radius 2 is 1.41 bits per heavy atom. The summed E-state index contributed by atoms with van der Waals surface area (Å²) in [6, 6.07) is 10.7. The van der Waals surface area contributed by atoms with Gasteiger partial charge in [-0.1, -0.05) is 13.8 Å². The Morgan fingerprint density at radius 3 is 1.91 bits per heavy atom. The highest BCUT2D eigenvalue weighted by Gasteiger charge is 2.19. The zero-order valence-electron chi connectivity index (χ0n) is 17.5. The van der Waals surface area contributed by atoms with Gasteiger partial charge in [-0.3, -0.25) is 14.8 Å². The maximum atomic E-state index is 12.5. The Hall–Kier alpha value is -3.62. The molecule has 0 aliphatic carbocycles. The lowest BCUT2D eigenvalue weighted by Gasteiger charge is -2.13. The zero-order chi connectivity index (χ0) is 22.2. The van der Waals surface area contributed by atoms with Crippen molar-refractivity contribution < 1.29 is 23.9 Å². The van der Waals surface area contributed by atoms with Crippen molar-refractivity contribution in [1.29, 1.82) is 0 Å². The second-order valence-electron chi connectivity index (χ2n) is 6.88. The molecule has 8 nitrogen and oxygen atoms in total. The molecule has 9 heteroatoms. The number of hydrogen-bond acceptors (Lipinski definition) is 8. The Labute approximate surface area is 191 Å². The van der Waals surface area contributed by atoms with Crippen LogP contribution in [0.3, 0.4) is 0 Å². The van der Waals surface area contributed by atoms with Crippen LogP contribution in [0.5, 0.6) is 11.5 Å². The first kappa shape index (κ1) is 24.6. The van der Waals surface area contributed by atoms with Crippen LogP contribution in [-0.2, 0) is 0 Å². The normalized spacial score (nSPS) is 10.2. The minimum absolute atomic E-state index is 0. The lowest BCUT2D eigenvalue weighted by Crippen LogP contribution is -2.29. The molecule has 0 unspecified atom stereocenters. The number of aromatic nitrogens is 2. The first-order chi connectivity index (χ1) is 14.9. The summed E-state index contributed by atoms with van der Waals surface area (Å²) in [5.74, 6) is -1.62. The fourth-order valence-electron chi connectivity index (χ4n) is 2.53. The molecule has 0 aliphatic rings. The Balaban J connectivity index is 0.00000363. The van der Waals surface area contributed by atoms with Crippen LogP contribution < -0.4 is 14.8 Å². The Kier molecular flexibility index (Phi) is 9.00. The molecule has 0 aliphatic heterocycles. The highest BCUT2D eigenvalue weighted by Crippen LogP contribution is 2.30. The van der Waals surface area contributed by atoms with Gasteiger partial charge >= 0.3 is 11.9 Å². The molecule has 0 amide bonds. The molecular weight excluding hydrogens is 434 g/mol. The number of ether oxygens (including phenoxy) is 2. The maximum absolute atomic E-state index is 12.5. The quantitative estimate of drug-likeness (QED) is 0.312. The molecule has 1 N–H and O–H groups in total. The Bertz CT molecular complexity index is 1080. The van der Waals surface area contributed by atoms with E-state index in [2.05, 4.69) is 15.3 Å². The fraction of sp³-hybridized carbons (Fsp3) is 0.174. The number of ketones is 1. The zero-order valence-corrected chi connectivity index (χ0v) is 18.3. The van der Waals surface area contributed by atoms with E-state index in [9.17, 15) is 14.4 Å². The van der Waals surface area contributed by atoms with Crippen LogP contribution in [0.4, 0.5) is 0 Å². The molecule has 1 aromatic carbocycles. The lowest BCUT2D eigenvalue weighted by atomic mass is 10.1. The second kappa shape index (κ2) is 11.7. The van der Waals surface area contributed by atoms with E-state index in [0.717, 1.165) is 0 Å². The third-order valence-corrected chi connectivity index (χ3v) is 4.14. The summed E-state index contributed by atoms with van der Waals surface area (Å²) in [5, 5.41) is 3.04. The van der Waals surface area contributed by atoms with Crippen LogP contribution in [0.1, 0.15) is 44.9 Å². The van der Waals surface area contributed by atoms with E-state index in [4.69, 9.17) is 9.47 Å². The molecule has 32 heavy (non-hydrogen) atoms. The number of nitrogens with zero attached hydrogens (tertiary/aromatic N) is 2. The lowest BCUT2D eigenvalue weighted by molar-refractivity contribution is 0.0681. The number of nitrogens with one attached hydrogen (secondary N) is 1. The first-order valence-corrected chi connectivity index (χ1v) is 9.59. The van der Waals surface area contributed by atoms with E-state index in [-0.39, 0.29) is 53.4 Å². The minimum Gasteiger partial charge on any atom is -0.419 e. The summed E-state index contributed by atoms with van der Waals surface area (Å²) in [4.78, 5) is 45.2. The molecule has 2 aromatic heterocycles. The van der Waals surface area contributed by atoms with Crippen molar-refractivity contribution in [3.8, 4) is 11.5 Å². The van der Waals surface area contributed by atoms with E-state index in [1.807, 2.05) is 13.8 Å². The van der Waals surface area contributed by atoms with Crippen LogP contribution >= 0.6 is 12.4 Å². The van der Waals surface area contributed by atoms with E-state index in [1.165, 1.54) is 49.1 Å². The number of rotatable bonds is 8. The summed E-state index contributed by atoms with van der Waals surface area (Å²) in [5.41, 5.74) is 0.752. The minimum atomic E-state index is -0.698. The van der Waals surface area contributed by atoms with Crippen LogP contribution in [0.15, 0.2) is 67.3 Å². The molecule has 0 fully saturated rings. The van der Waals surface area contributed by atoms with E-state index in [1.54, 1.807) is 18.2 Å². The molecule has 0 bridgehead atoms.